The molecule has 0 atom stereocenters. The van der Waals surface area contributed by atoms with E-state index in [2.05, 4.69) is 0 Å². The average Bonchev–Trinajstić information content (AvgIpc) is 2.26. The second kappa shape index (κ2) is 4.27. The highest BCUT2D eigenvalue weighted by atomic mass is 16.6. The Hall–Kier alpha value is -2.62. The van der Waals surface area contributed by atoms with Crippen LogP contribution >= 0.6 is 0 Å². The molecule has 7 nitrogen and oxygen atoms in total. The van der Waals surface area contributed by atoms with Gasteiger partial charge in [0.05, 0.1) is 17.6 Å². The summed E-state index contributed by atoms with van der Waals surface area (Å²) in [4.78, 5) is 20.9. The van der Waals surface area contributed by atoms with Crippen LogP contribution in [0.1, 0.15) is 15.9 Å². The third-order valence-corrected chi connectivity index (χ3v) is 1.87. The van der Waals surface area contributed by atoms with Gasteiger partial charge >= 0.3 is 0 Å². The summed E-state index contributed by atoms with van der Waals surface area (Å²) in [7, 11) is 1.24. The lowest BCUT2D eigenvalue weighted by Crippen LogP contribution is -2.13. The number of carbonyl (C=O) groups is 1. The van der Waals surface area contributed by atoms with E-state index in [1.165, 1.54) is 7.11 Å². The summed E-state index contributed by atoms with van der Waals surface area (Å²) in [5.74, 6) is -0.947. The molecule has 0 saturated carbocycles. The first kappa shape index (κ1) is 11.5. The largest absolute Gasteiger partial charge is 0.495 e. The van der Waals surface area contributed by atoms with Crippen LogP contribution in [0.4, 0.5) is 5.69 Å². The fraction of sp³-hybridized carbons (Fsp3) is 0.111. The van der Waals surface area contributed by atoms with Crippen molar-refractivity contribution in [1.29, 1.82) is 5.26 Å². The molecule has 0 aliphatic rings. The molecule has 0 saturated heterocycles. The number of nitriles is 1. The van der Waals surface area contributed by atoms with Crippen molar-refractivity contribution in [3.63, 3.8) is 0 Å². The summed E-state index contributed by atoms with van der Waals surface area (Å²) in [6.07, 6.45) is 0. The molecule has 0 aromatic heterocycles. The van der Waals surface area contributed by atoms with E-state index in [-0.39, 0.29) is 22.6 Å². The van der Waals surface area contributed by atoms with Crippen molar-refractivity contribution in [2.45, 2.75) is 0 Å². The van der Waals surface area contributed by atoms with Crippen LogP contribution in [0, 0.1) is 21.4 Å². The predicted octanol–water partition coefficient (Wildman–Crippen LogP) is 0.574. The maximum atomic E-state index is 11.0. The van der Waals surface area contributed by atoms with Crippen molar-refractivity contribution in [2.75, 3.05) is 7.11 Å². The summed E-state index contributed by atoms with van der Waals surface area (Å²) < 4.78 is 4.82. The summed E-state index contributed by atoms with van der Waals surface area (Å²) in [6, 6.07) is 3.69. The number of hydrogen-bond acceptors (Lipinski definition) is 5. The lowest BCUT2D eigenvalue weighted by Gasteiger charge is -2.06. The van der Waals surface area contributed by atoms with Gasteiger partial charge in [0.2, 0.25) is 0 Å². The fourth-order valence-electron chi connectivity index (χ4n) is 1.21. The van der Waals surface area contributed by atoms with Gasteiger partial charge in [0.15, 0.2) is 0 Å². The van der Waals surface area contributed by atoms with Crippen LogP contribution in [0.15, 0.2) is 12.1 Å². The van der Waals surface area contributed by atoms with Gasteiger partial charge in [0, 0.05) is 12.1 Å². The Bertz CT molecular complexity index is 504. The van der Waals surface area contributed by atoms with E-state index in [1.54, 1.807) is 6.07 Å². The quantitative estimate of drug-likeness (QED) is 0.591. The van der Waals surface area contributed by atoms with Gasteiger partial charge in [0.1, 0.15) is 17.4 Å². The Morgan fingerprint density at radius 2 is 2.25 bits per heavy atom. The average molecular weight is 221 g/mol. The molecule has 0 spiro atoms. The van der Waals surface area contributed by atoms with E-state index in [0.717, 1.165) is 12.1 Å². The molecule has 0 aliphatic carbocycles. The summed E-state index contributed by atoms with van der Waals surface area (Å²) in [5.41, 5.74) is 4.36. The Morgan fingerprint density at radius 1 is 1.62 bits per heavy atom. The van der Waals surface area contributed by atoms with E-state index in [9.17, 15) is 14.9 Å². The molecule has 2 N–H and O–H groups in total. The molecule has 0 radical (unpaired) electrons. The number of methoxy groups -OCH3 is 1. The number of ether oxygens (including phenoxy) is 1. The number of benzene rings is 1. The highest BCUT2D eigenvalue weighted by Gasteiger charge is 2.20. The maximum Gasteiger partial charge on any atom is 0.271 e. The first-order chi connectivity index (χ1) is 7.51. The molecule has 0 heterocycles. The minimum atomic E-state index is -0.892. The van der Waals surface area contributed by atoms with Crippen molar-refractivity contribution >= 4 is 11.6 Å². The lowest BCUT2D eigenvalue weighted by atomic mass is 10.1. The number of rotatable bonds is 3. The van der Waals surface area contributed by atoms with Gasteiger partial charge in [-0.3, -0.25) is 14.9 Å². The highest BCUT2D eigenvalue weighted by Crippen LogP contribution is 2.28. The van der Waals surface area contributed by atoms with Gasteiger partial charge in [-0.15, -0.1) is 0 Å². The molecule has 0 unspecified atom stereocenters. The summed E-state index contributed by atoms with van der Waals surface area (Å²) >= 11 is 0. The number of nitrogens with two attached hydrogens (primary N) is 1. The molecule has 1 aromatic rings. The van der Waals surface area contributed by atoms with E-state index in [0.29, 0.717) is 0 Å². The van der Waals surface area contributed by atoms with Crippen molar-refractivity contribution in [3.05, 3.63) is 33.4 Å². The molecule has 0 fully saturated rings. The van der Waals surface area contributed by atoms with Crippen LogP contribution < -0.4 is 10.5 Å². The van der Waals surface area contributed by atoms with Crippen LogP contribution in [0.3, 0.4) is 0 Å². The lowest BCUT2D eigenvalue weighted by molar-refractivity contribution is -0.384. The molecule has 0 aliphatic heterocycles. The Labute approximate surface area is 90.2 Å². The smallest absolute Gasteiger partial charge is 0.271 e. The standard InChI is InChI=1S/C9H7N3O4/c1-16-8-5(4-10)2-6(12(14)15)3-7(8)9(11)13/h2-3H,1H3,(H2,11,13). The Morgan fingerprint density at radius 3 is 2.62 bits per heavy atom. The number of amides is 1. The fourth-order valence-corrected chi connectivity index (χ4v) is 1.21. The number of primary amides is 1. The van der Waals surface area contributed by atoms with Crippen LogP contribution in [-0.4, -0.2) is 17.9 Å². The second-order valence-corrected chi connectivity index (χ2v) is 2.81. The van der Waals surface area contributed by atoms with Gasteiger partial charge in [-0.25, -0.2) is 0 Å². The predicted molar refractivity (Wildman–Crippen MR) is 52.9 cm³/mol. The van der Waals surface area contributed by atoms with Crippen LogP contribution in [0.5, 0.6) is 5.75 Å². The van der Waals surface area contributed by atoms with Crippen molar-refractivity contribution in [2.24, 2.45) is 5.73 Å². The number of non-ortho nitro benzene ring substituents is 1. The van der Waals surface area contributed by atoms with Gasteiger partial charge in [0.25, 0.3) is 11.6 Å². The SMILES string of the molecule is COc1c(C#N)cc([N+](=O)[O-])cc1C(N)=O. The van der Waals surface area contributed by atoms with Crippen molar-refractivity contribution in [1.82, 2.24) is 0 Å². The van der Waals surface area contributed by atoms with Crippen LogP contribution in [-0.2, 0) is 0 Å². The minimum Gasteiger partial charge on any atom is -0.495 e. The molecule has 1 aromatic carbocycles. The molecule has 82 valence electrons. The molecule has 16 heavy (non-hydrogen) atoms. The van der Waals surface area contributed by atoms with Crippen molar-refractivity contribution < 1.29 is 14.5 Å². The third-order valence-electron chi connectivity index (χ3n) is 1.87. The molecule has 1 amide bonds. The van der Waals surface area contributed by atoms with Gasteiger partial charge in [-0.2, -0.15) is 5.26 Å². The summed E-state index contributed by atoms with van der Waals surface area (Å²) in [5, 5.41) is 19.3. The maximum absolute atomic E-state index is 11.0. The summed E-state index contributed by atoms with van der Waals surface area (Å²) in [6.45, 7) is 0. The zero-order valence-corrected chi connectivity index (χ0v) is 8.26. The molecular weight excluding hydrogens is 214 g/mol. The number of nitro benzene ring substituents is 1. The number of carbonyl (C=O) groups excluding carboxylic acids is 1. The Kier molecular flexibility index (Phi) is 3.06. The number of hydrogen-bond donors (Lipinski definition) is 1. The zero-order chi connectivity index (χ0) is 12.3. The van der Waals surface area contributed by atoms with Gasteiger partial charge in [-0.1, -0.05) is 0 Å². The minimum absolute atomic E-state index is 0.0550. The normalized spacial score (nSPS) is 9.25. The monoisotopic (exact) mass is 221 g/mol. The van der Waals surface area contributed by atoms with Crippen LogP contribution in [0.2, 0.25) is 0 Å². The number of nitro groups is 1. The second-order valence-electron chi connectivity index (χ2n) is 2.81. The van der Waals surface area contributed by atoms with E-state index >= 15 is 0 Å². The zero-order valence-electron chi connectivity index (χ0n) is 8.26. The first-order valence-corrected chi connectivity index (χ1v) is 4.07. The molecule has 1 rings (SSSR count). The first-order valence-electron chi connectivity index (χ1n) is 4.07. The van der Waals surface area contributed by atoms with Crippen LogP contribution in [0.25, 0.3) is 0 Å². The van der Waals surface area contributed by atoms with Gasteiger partial charge in [-0.05, 0) is 0 Å². The third kappa shape index (κ3) is 1.90. The molecular formula is C9H7N3O4. The van der Waals surface area contributed by atoms with E-state index < -0.39 is 10.8 Å². The molecule has 0 bridgehead atoms. The van der Waals surface area contributed by atoms with E-state index in [1.807, 2.05) is 0 Å². The molecule has 7 heteroatoms. The van der Waals surface area contributed by atoms with Gasteiger partial charge < -0.3 is 10.5 Å². The topological polar surface area (TPSA) is 119 Å². The van der Waals surface area contributed by atoms with E-state index in [4.69, 9.17) is 15.7 Å². The Balaban J connectivity index is 3.57. The highest BCUT2D eigenvalue weighted by molar-refractivity contribution is 5.97. The van der Waals surface area contributed by atoms with Crippen molar-refractivity contribution in [3.8, 4) is 11.8 Å². The number of nitrogens with zero attached hydrogens (tertiary/aromatic N) is 2.